The zero-order valence-corrected chi connectivity index (χ0v) is 12.9. The largest absolute Gasteiger partial charge is 0.399 e. The van der Waals surface area contributed by atoms with Gasteiger partial charge in [-0.25, -0.2) is 4.39 Å². The van der Waals surface area contributed by atoms with E-state index < -0.39 is 5.82 Å². The van der Waals surface area contributed by atoms with Crippen LogP contribution < -0.4 is 11.1 Å². The van der Waals surface area contributed by atoms with Crippen molar-refractivity contribution in [1.29, 1.82) is 0 Å². The Labute approximate surface area is 125 Å². The van der Waals surface area contributed by atoms with Crippen LogP contribution in [0, 0.1) is 17.7 Å². The van der Waals surface area contributed by atoms with Gasteiger partial charge < -0.3 is 11.1 Å². The minimum atomic E-state index is -0.467. The Balaban J connectivity index is 2.01. The van der Waals surface area contributed by atoms with Gasteiger partial charge in [0, 0.05) is 12.2 Å². The minimum absolute atomic E-state index is 0.144. The zero-order valence-electron chi connectivity index (χ0n) is 12.9. The van der Waals surface area contributed by atoms with Gasteiger partial charge in [-0.2, -0.15) is 0 Å². The van der Waals surface area contributed by atoms with Gasteiger partial charge >= 0.3 is 0 Å². The molecule has 1 saturated heterocycles. The average molecular weight is 293 g/mol. The van der Waals surface area contributed by atoms with E-state index in [-0.39, 0.29) is 17.6 Å². The molecule has 3 N–H and O–H groups in total. The van der Waals surface area contributed by atoms with Crippen LogP contribution in [0.3, 0.4) is 0 Å². The first-order valence-corrected chi connectivity index (χ1v) is 7.48. The number of likely N-dealkylation sites (tertiary alicyclic amines) is 1. The Morgan fingerprint density at radius 1 is 1.43 bits per heavy atom. The van der Waals surface area contributed by atoms with Crippen molar-refractivity contribution in [3.63, 3.8) is 0 Å². The van der Waals surface area contributed by atoms with E-state index in [0.717, 1.165) is 19.5 Å². The number of rotatable bonds is 3. The molecule has 1 aliphatic heterocycles. The lowest BCUT2D eigenvalue weighted by Gasteiger charge is -2.38. The van der Waals surface area contributed by atoms with E-state index in [4.69, 9.17) is 5.73 Å². The molecule has 1 amide bonds. The van der Waals surface area contributed by atoms with Gasteiger partial charge in [0.2, 0.25) is 5.91 Å². The highest BCUT2D eigenvalue weighted by Crippen LogP contribution is 2.24. The van der Waals surface area contributed by atoms with Crippen LogP contribution in [0.1, 0.15) is 27.2 Å². The summed E-state index contributed by atoms with van der Waals surface area (Å²) in [5.74, 6) is 0.590. The van der Waals surface area contributed by atoms with Crippen LogP contribution in [0.4, 0.5) is 15.8 Å². The lowest BCUT2D eigenvalue weighted by atomic mass is 9.88. The van der Waals surface area contributed by atoms with Crippen LogP contribution in [-0.4, -0.2) is 29.9 Å². The summed E-state index contributed by atoms with van der Waals surface area (Å²) >= 11 is 0. The second kappa shape index (κ2) is 6.43. The van der Waals surface area contributed by atoms with Crippen molar-refractivity contribution >= 4 is 17.3 Å². The van der Waals surface area contributed by atoms with Crippen molar-refractivity contribution < 1.29 is 9.18 Å². The summed E-state index contributed by atoms with van der Waals surface area (Å²) in [4.78, 5) is 14.5. The number of halogens is 1. The summed E-state index contributed by atoms with van der Waals surface area (Å²) in [6, 6.07) is 3.91. The van der Waals surface area contributed by atoms with Crippen molar-refractivity contribution in [2.45, 2.75) is 33.2 Å². The molecule has 0 aromatic heterocycles. The molecule has 1 aromatic rings. The first-order valence-electron chi connectivity index (χ1n) is 7.48. The third-order valence-electron chi connectivity index (χ3n) is 4.54. The van der Waals surface area contributed by atoms with Crippen LogP contribution in [0.25, 0.3) is 0 Å². The highest BCUT2D eigenvalue weighted by molar-refractivity contribution is 5.95. The molecule has 1 aliphatic rings. The number of nitrogens with one attached hydrogen (secondary N) is 1. The molecule has 0 aliphatic carbocycles. The summed E-state index contributed by atoms with van der Waals surface area (Å²) in [7, 11) is 0. The Hall–Kier alpha value is -1.62. The standard InChI is InChI=1S/C16H24FN3O/c1-10-6-7-20(9-11(10)2)12(3)16(21)19-15-8-13(18)4-5-14(15)17/h4-5,8,10-12H,6-7,9,18H2,1-3H3,(H,19,21). The van der Waals surface area contributed by atoms with Gasteiger partial charge in [-0.05, 0) is 49.9 Å². The Bertz CT molecular complexity index is 520. The van der Waals surface area contributed by atoms with E-state index in [1.807, 2.05) is 6.92 Å². The lowest BCUT2D eigenvalue weighted by molar-refractivity contribution is -0.121. The number of carbonyl (C=O) groups is 1. The molecule has 116 valence electrons. The van der Waals surface area contributed by atoms with E-state index in [0.29, 0.717) is 17.5 Å². The summed E-state index contributed by atoms with van der Waals surface area (Å²) in [6.45, 7) is 8.12. The van der Waals surface area contributed by atoms with Gasteiger partial charge in [0.05, 0.1) is 11.7 Å². The highest BCUT2D eigenvalue weighted by Gasteiger charge is 2.29. The van der Waals surface area contributed by atoms with Crippen molar-refractivity contribution in [3.8, 4) is 0 Å². The number of benzene rings is 1. The second-order valence-electron chi connectivity index (χ2n) is 6.14. The van der Waals surface area contributed by atoms with E-state index in [1.54, 1.807) is 0 Å². The molecule has 0 bridgehead atoms. The van der Waals surface area contributed by atoms with Gasteiger partial charge in [-0.1, -0.05) is 13.8 Å². The van der Waals surface area contributed by atoms with Gasteiger partial charge in [0.15, 0.2) is 0 Å². The normalized spacial score (nSPS) is 24.6. The first kappa shape index (κ1) is 15.8. The van der Waals surface area contributed by atoms with E-state index >= 15 is 0 Å². The highest BCUT2D eigenvalue weighted by atomic mass is 19.1. The van der Waals surface area contributed by atoms with Crippen LogP contribution >= 0.6 is 0 Å². The number of anilines is 2. The Morgan fingerprint density at radius 2 is 2.14 bits per heavy atom. The van der Waals surface area contributed by atoms with Crippen LogP contribution in [0.2, 0.25) is 0 Å². The fraction of sp³-hybridized carbons (Fsp3) is 0.562. The van der Waals surface area contributed by atoms with Gasteiger partial charge in [0.25, 0.3) is 0 Å². The molecular weight excluding hydrogens is 269 g/mol. The van der Waals surface area contributed by atoms with Crippen LogP contribution in [0.5, 0.6) is 0 Å². The van der Waals surface area contributed by atoms with E-state index in [9.17, 15) is 9.18 Å². The fourth-order valence-corrected chi connectivity index (χ4v) is 2.69. The molecule has 5 heteroatoms. The summed E-state index contributed by atoms with van der Waals surface area (Å²) in [5.41, 5.74) is 6.20. The van der Waals surface area contributed by atoms with Gasteiger partial charge in [0.1, 0.15) is 5.82 Å². The maximum absolute atomic E-state index is 13.7. The molecule has 4 nitrogen and oxygen atoms in total. The molecule has 0 spiro atoms. The van der Waals surface area contributed by atoms with Crippen molar-refractivity contribution in [1.82, 2.24) is 4.90 Å². The summed E-state index contributed by atoms with van der Waals surface area (Å²) in [5, 5.41) is 2.64. The fourth-order valence-electron chi connectivity index (χ4n) is 2.69. The molecule has 0 radical (unpaired) electrons. The number of piperidine rings is 1. The molecule has 2 rings (SSSR count). The van der Waals surface area contributed by atoms with Crippen LogP contribution in [0.15, 0.2) is 18.2 Å². The number of amides is 1. The van der Waals surface area contributed by atoms with Gasteiger partial charge in [-0.3, -0.25) is 9.69 Å². The summed E-state index contributed by atoms with van der Waals surface area (Å²) < 4.78 is 13.7. The monoisotopic (exact) mass is 293 g/mol. The predicted molar refractivity (Wildman–Crippen MR) is 83.4 cm³/mol. The molecule has 0 saturated carbocycles. The predicted octanol–water partition coefficient (Wildman–Crippen LogP) is 2.71. The third-order valence-corrected chi connectivity index (χ3v) is 4.54. The molecule has 1 heterocycles. The quantitative estimate of drug-likeness (QED) is 0.842. The minimum Gasteiger partial charge on any atom is -0.399 e. The maximum Gasteiger partial charge on any atom is 0.241 e. The second-order valence-corrected chi connectivity index (χ2v) is 6.14. The molecule has 1 fully saturated rings. The average Bonchev–Trinajstić information content (AvgIpc) is 2.45. The summed E-state index contributed by atoms with van der Waals surface area (Å²) in [6.07, 6.45) is 1.09. The molecule has 3 atom stereocenters. The molecule has 21 heavy (non-hydrogen) atoms. The Morgan fingerprint density at radius 3 is 2.81 bits per heavy atom. The number of carbonyl (C=O) groups excluding carboxylic acids is 1. The number of nitrogens with zero attached hydrogens (tertiary/aromatic N) is 1. The maximum atomic E-state index is 13.7. The zero-order chi connectivity index (χ0) is 15.6. The van der Waals surface area contributed by atoms with Crippen molar-refractivity contribution in [2.75, 3.05) is 24.1 Å². The van der Waals surface area contributed by atoms with E-state index in [2.05, 4.69) is 24.1 Å². The number of nitrogens with two attached hydrogens (primary N) is 1. The molecule has 1 aromatic carbocycles. The first-order chi connectivity index (χ1) is 9.88. The number of nitrogen functional groups attached to an aromatic ring is 1. The van der Waals surface area contributed by atoms with Crippen molar-refractivity contribution in [3.05, 3.63) is 24.0 Å². The smallest absolute Gasteiger partial charge is 0.241 e. The number of hydrogen-bond donors (Lipinski definition) is 2. The molecule has 3 unspecified atom stereocenters. The SMILES string of the molecule is CC1CCN(C(C)C(=O)Nc2cc(N)ccc2F)CC1C. The van der Waals surface area contributed by atoms with Crippen molar-refractivity contribution in [2.24, 2.45) is 11.8 Å². The van der Waals surface area contributed by atoms with E-state index in [1.165, 1.54) is 18.2 Å². The number of hydrogen-bond acceptors (Lipinski definition) is 3. The van der Waals surface area contributed by atoms with Gasteiger partial charge in [-0.15, -0.1) is 0 Å². The third kappa shape index (κ3) is 3.73. The lowest BCUT2D eigenvalue weighted by Crippen LogP contribution is -2.48. The topological polar surface area (TPSA) is 58.4 Å². The Kier molecular flexibility index (Phi) is 4.83. The molecular formula is C16H24FN3O. The van der Waals surface area contributed by atoms with Crippen LogP contribution in [-0.2, 0) is 4.79 Å².